The van der Waals surface area contributed by atoms with E-state index in [4.69, 9.17) is 9.84 Å². The third kappa shape index (κ3) is 3.87. The molecule has 1 aliphatic carbocycles. The largest absolute Gasteiger partial charge is 0.480 e. The van der Waals surface area contributed by atoms with Crippen molar-refractivity contribution in [1.29, 1.82) is 0 Å². The van der Waals surface area contributed by atoms with Gasteiger partial charge in [-0.3, -0.25) is 4.79 Å². The molecule has 0 aromatic rings. The van der Waals surface area contributed by atoms with Crippen LogP contribution in [-0.4, -0.2) is 65.8 Å². The molecule has 0 heterocycles. The Morgan fingerprint density at radius 2 is 2.06 bits per heavy atom. The monoisotopic (exact) mass is 258 g/mol. The number of hydrogen-bond donors (Lipinski definition) is 1. The van der Waals surface area contributed by atoms with E-state index in [9.17, 15) is 9.59 Å². The van der Waals surface area contributed by atoms with Crippen molar-refractivity contribution >= 4 is 12.0 Å². The van der Waals surface area contributed by atoms with Gasteiger partial charge in [0, 0.05) is 19.7 Å². The van der Waals surface area contributed by atoms with Gasteiger partial charge in [-0.15, -0.1) is 0 Å². The maximum atomic E-state index is 12.3. The first-order valence-corrected chi connectivity index (χ1v) is 6.29. The predicted octanol–water partition coefficient (Wildman–Crippen LogP) is 1.01. The Hall–Kier alpha value is -1.30. The minimum absolute atomic E-state index is 0.0532. The summed E-state index contributed by atoms with van der Waals surface area (Å²) in [7, 11) is 1.59. The highest BCUT2D eigenvalue weighted by atomic mass is 16.5. The summed E-state index contributed by atoms with van der Waals surface area (Å²) in [6.07, 6.45) is 1.80. The number of carboxylic acids is 1. The van der Waals surface area contributed by atoms with Crippen molar-refractivity contribution in [3.8, 4) is 0 Å². The van der Waals surface area contributed by atoms with E-state index in [1.807, 2.05) is 13.8 Å². The zero-order valence-corrected chi connectivity index (χ0v) is 11.3. The first kappa shape index (κ1) is 14.8. The zero-order valence-electron chi connectivity index (χ0n) is 11.3. The number of aliphatic carboxylic acids is 1. The summed E-state index contributed by atoms with van der Waals surface area (Å²) in [6, 6.07) is -0.160. The van der Waals surface area contributed by atoms with Crippen molar-refractivity contribution in [2.45, 2.75) is 38.8 Å². The maximum absolute atomic E-state index is 12.3. The number of carboxylic acid groups (broad SMARTS) is 1. The summed E-state index contributed by atoms with van der Waals surface area (Å²) in [5.41, 5.74) is 0. The fourth-order valence-electron chi connectivity index (χ4n) is 2.02. The molecule has 0 radical (unpaired) electrons. The molecule has 1 unspecified atom stereocenters. The molecule has 1 aliphatic rings. The molecule has 1 fully saturated rings. The van der Waals surface area contributed by atoms with Crippen LogP contribution in [0.15, 0.2) is 0 Å². The molecule has 1 rings (SSSR count). The number of methoxy groups -OCH3 is 1. The molecule has 0 bridgehead atoms. The molecular formula is C12H22N2O4. The molecule has 1 atom stereocenters. The fraction of sp³-hybridized carbons (Fsp3) is 0.833. The number of rotatable bonds is 7. The maximum Gasteiger partial charge on any atom is 0.323 e. The SMILES string of the molecule is CCN(C(=O)N(CC(=O)O)C1CC1)C(C)COC. The fourth-order valence-corrected chi connectivity index (χ4v) is 2.02. The predicted molar refractivity (Wildman–Crippen MR) is 66.5 cm³/mol. The van der Waals surface area contributed by atoms with Crippen molar-refractivity contribution in [3.63, 3.8) is 0 Å². The molecular weight excluding hydrogens is 236 g/mol. The van der Waals surface area contributed by atoms with Gasteiger partial charge in [0.15, 0.2) is 0 Å². The van der Waals surface area contributed by atoms with Gasteiger partial charge >= 0.3 is 12.0 Å². The Morgan fingerprint density at radius 3 is 2.44 bits per heavy atom. The van der Waals surface area contributed by atoms with E-state index in [1.54, 1.807) is 12.0 Å². The normalized spacial score (nSPS) is 16.2. The molecule has 0 aromatic heterocycles. The lowest BCUT2D eigenvalue weighted by Crippen LogP contribution is -2.50. The van der Waals surface area contributed by atoms with Crippen LogP contribution in [-0.2, 0) is 9.53 Å². The van der Waals surface area contributed by atoms with Gasteiger partial charge < -0.3 is 19.6 Å². The van der Waals surface area contributed by atoms with Crippen LogP contribution in [0.25, 0.3) is 0 Å². The van der Waals surface area contributed by atoms with Crippen LogP contribution >= 0.6 is 0 Å². The van der Waals surface area contributed by atoms with Crippen molar-refractivity contribution in [2.24, 2.45) is 0 Å². The van der Waals surface area contributed by atoms with Gasteiger partial charge in [-0.05, 0) is 26.7 Å². The van der Waals surface area contributed by atoms with Crippen LogP contribution in [0.3, 0.4) is 0 Å². The smallest absolute Gasteiger partial charge is 0.323 e. The first-order valence-electron chi connectivity index (χ1n) is 6.29. The van der Waals surface area contributed by atoms with E-state index in [0.717, 1.165) is 12.8 Å². The van der Waals surface area contributed by atoms with Crippen molar-refractivity contribution in [3.05, 3.63) is 0 Å². The molecule has 1 N–H and O–H groups in total. The average Bonchev–Trinajstić information content (AvgIpc) is 3.10. The highest BCUT2D eigenvalue weighted by molar-refractivity contribution is 5.81. The number of hydrogen-bond acceptors (Lipinski definition) is 3. The van der Waals surface area contributed by atoms with Gasteiger partial charge in [-0.1, -0.05) is 0 Å². The van der Waals surface area contributed by atoms with E-state index < -0.39 is 5.97 Å². The zero-order chi connectivity index (χ0) is 13.7. The summed E-state index contributed by atoms with van der Waals surface area (Å²) in [5.74, 6) is -0.967. The van der Waals surface area contributed by atoms with Crippen LogP contribution in [0.5, 0.6) is 0 Å². The Labute approximate surface area is 107 Å². The number of likely N-dealkylation sites (N-methyl/N-ethyl adjacent to an activating group) is 1. The Kier molecular flexibility index (Phi) is 5.40. The van der Waals surface area contributed by atoms with Crippen LogP contribution in [0.4, 0.5) is 4.79 Å². The van der Waals surface area contributed by atoms with Crippen LogP contribution in [0, 0.1) is 0 Å². The minimum Gasteiger partial charge on any atom is -0.480 e. The highest BCUT2D eigenvalue weighted by Crippen LogP contribution is 2.27. The molecule has 0 aliphatic heterocycles. The molecule has 6 heteroatoms. The second-order valence-electron chi connectivity index (χ2n) is 4.63. The van der Waals surface area contributed by atoms with E-state index in [2.05, 4.69) is 0 Å². The van der Waals surface area contributed by atoms with Crippen molar-refractivity contribution in [1.82, 2.24) is 9.80 Å². The van der Waals surface area contributed by atoms with Gasteiger partial charge in [0.05, 0.1) is 12.6 Å². The van der Waals surface area contributed by atoms with Crippen LogP contribution < -0.4 is 0 Å². The van der Waals surface area contributed by atoms with E-state index in [1.165, 1.54) is 4.90 Å². The van der Waals surface area contributed by atoms with E-state index in [0.29, 0.717) is 13.2 Å². The molecule has 0 spiro atoms. The molecule has 2 amide bonds. The van der Waals surface area contributed by atoms with Gasteiger partial charge in [0.2, 0.25) is 0 Å². The lowest BCUT2D eigenvalue weighted by Gasteiger charge is -2.33. The highest BCUT2D eigenvalue weighted by Gasteiger charge is 2.36. The molecule has 104 valence electrons. The van der Waals surface area contributed by atoms with Crippen molar-refractivity contribution in [2.75, 3.05) is 26.8 Å². The number of ether oxygens (including phenoxy) is 1. The summed E-state index contributed by atoms with van der Waals surface area (Å²) in [4.78, 5) is 26.3. The molecule has 6 nitrogen and oxygen atoms in total. The van der Waals surface area contributed by atoms with E-state index >= 15 is 0 Å². The van der Waals surface area contributed by atoms with Crippen molar-refractivity contribution < 1.29 is 19.4 Å². The second-order valence-corrected chi connectivity index (χ2v) is 4.63. The molecule has 18 heavy (non-hydrogen) atoms. The van der Waals surface area contributed by atoms with Gasteiger partial charge in [0.25, 0.3) is 0 Å². The number of carbonyl (C=O) groups is 2. The van der Waals surface area contributed by atoms with Crippen LogP contribution in [0.1, 0.15) is 26.7 Å². The van der Waals surface area contributed by atoms with E-state index in [-0.39, 0.29) is 24.7 Å². The summed E-state index contributed by atoms with van der Waals surface area (Å²) < 4.78 is 5.04. The summed E-state index contributed by atoms with van der Waals surface area (Å²) in [6.45, 7) is 4.56. The Bertz CT molecular complexity index is 304. The molecule has 0 aromatic carbocycles. The quantitative estimate of drug-likeness (QED) is 0.740. The number of amides is 2. The lowest BCUT2D eigenvalue weighted by molar-refractivity contribution is -0.137. The van der Waals surface area contributed by atoms with Gasteiger partial charge in [-0.2, -0.15) is 0 Å². The standard InChI is InChI=1S/C12H22N2O4/c1-4-13(9(2)8-18-3)12(17)14(7-11(15)16)10-5-6-10/h9-10H,4-8H2,1-3H3,(H,15,16). The summed E-state index contributed by atoms with van der Waals surface area (Å²) in [5, 5.41) is 8.87. The first-order chi connectivity index (χ1) is 8.51. The average molecular weight is 258 g/mol. The Balaban J connectivity index is 2.69. The minimum atomic E-state index is -0.967. The topological polar surface area (TPSA) is 70.1 Å². The molecule has 0 saturated heterocycles. The van der Waals surface area contributed by atoms with Crippen LogP contribution in [0.2, 0.25) is 0 Å². The number of urea groups is 1. The Morgan fingerprint density at radius 1 is 1.44 bits per heavy atom. The van der Waals surface area contributed by atoms with Gasteiger partial charge in [0.1, 0.15) is 6.54 Å². The second kappa shape index (κ2) is 6.58. The third-order valence-corrected chi connectivity index (χ3v) is 3.07. The van der Waals surface area contributed by atoms with Gasteiger partial charge in [-0.25, -0.2) is 4.79 Å². The lowest BCUT2D eigenvalue weighted by atomic mass is 10.3. The summed E-state index contributed by atoms with van der Waals surface area (Å²) >= 11 is 0. The number of carbonyl (C=O) groups excluding carboxylic acids is 1. The number of nitrogens with zero attached hydrogens (tertiary/aromatic N) is 2. The third-order valence-electron chi connectivity index (χ3n) is 3.07. The molecule has 1 saturated carbocycles.